The summed E-state index contributed by atoms with van der Waals surface area (Å²) < 4.78 is 1.96. The van der Waals surface area contributed by atoms with Gasteiger partial charge in [-0.05, 0) is 58.7 Å². The third-order valence-electron chi connectivity index (χ3n) is 5.24. The minimum atomic E-state index is -0.0474. The van der Waals surface area contributed by atoms with E-state index in [0.717, 1.165) is 43.6 Å². The molecule has 0 fully saturated rings. The number of hydrogen-bond acceptors (Lipinski definition) is 3. The van der Waals surface area contributed by atoms with Gasteiger partial charge in [-0.2, -0.15) is 5.10 Å². The zero-order chi connectivity index (χ0) is 18.7. The predicted molar refractivity (Wildman–Crippen MR) is 105 cm³/mol. The maximum atomic E-state index is 12.7. The van der Waals surface area contributed by atoms with Crippen LogP contribution in [0.1, 0.15) is 54.5 Å². The lowest BCUT2D eigenvalue weighted by atomic mass is 10.2. The van der Waals surface area contributed by atoms with Gasteiger partial charge in [0.1, 0.15) is 0 Å². The molecule has 0 spiro atoms. The van der Waals surface area contributed by atoms with Gasteiger partial charge in [0.2, 0.25) is 0 Å². The molecule has 140 valence electrons. The molecule has 1 N–H and O–H groups in total. The molecule has 0 atom stereocenters. The van der Waals surface area contributed by atoms with Crippen LogP contribution in [0.5, 0.6) is 0 Å². The Hall–Kier alpha value is -2.14. The Balaban J connectivity index is 1.75. The van der Waals surface area contributed by atoms with Gasteiger partial charge in [-0.25, -0.2) is 4.68 Å². The van der Waals surface area contributed by atoms with Crippen molar-refractivity contribution in [1.82, 2.24) is 20.0 Å². The van der Waals surface area contributed by atoms with E-state index in [4.69, 9.17) is 0 Å². The molecule has 26 heavy (non-hydrogen) atoms. The number of carbonyl (C=O) groups excluding carboxylic acids is 1. The Labute approximate surface area is 156 Å². The van der Waals surface area contributed by atoms with Crippen molar-refractivity contribution in [2.75, 3.05) is 19.6 Å². The highest BCUT2D eigenvalue weighted by Gasteiger charge is 2.26. The molecule has 0 bridgehead atoms. The summed E-state index contributed by atoms with van der Waals surface area (Å²) in [4.78, 5) is 15.1. The number of nitrogens with one attached hydrogen (secondary N) is 1. The Bertz CT molecular complexity index is 761. The van der Waals surface area contributed by atoms with Gasteiger partial charge in [0.05, 0.1) is 5.69 Å². The van der Waals surface area contributed by atoms with Crippen LogP contribution in [0.2, 0.25) is 0 Å². The molecule has 0 saturated heterocycles. The summed E-state index contributed by atoms with van der Waals surface area (Å²) in [7, 11) is 0. The van der Waals surface area contributed by atoms with E-state index in [1.807, 2.05) is 4.68 Å². The molecule has 1 aromatic carbocycles. The number of likely N-dealkylation sites (N-methyl/N-ethyl adjacent to an activating group) is 1. The monoisotopic (exact) mass is 354 g/mol. The van der Waals surface area contributed by atoms with E-state index in [2.05, 4.69) is 67.3 Å². The normalized spacial score (nSPS) is 13.5. The van der Waals surface area contributed by atoms with Crippen molar-refractivity contribution in [1.29, 1.82) is 0 Å². The molecule has 1 aliphatic rings. The van der Waals surface area contributed by atoms with Gasteiger partial charge in [0.25, 0.3) is 5.91 Å². The molecule has 1 aliphatic carbocycles. The van der Waals surface area contributed by atoms with Crippen molar-refractivity contribution in [3.63, 3.8) is 0 Å². The van der Waals surface area contributed by atoms with Crippen molar-refractivity contribution in [3.8, 4) is 5.69 Å². The Kier molecular flexibility index (Phi) is 5.77. The number of hydrogen-bond donors (Lipinski definition) is 1. The van der Waals surface area contributed by atoms with Crippen LogP contribution in [0.25, 0.3) is 5.69 Å². The van der Waals surface area contributed by atoms with Crippen molar-refractivity contribution in [2.45, 2.75) is 53.0 Å². The van der Waals surface area contributed by atoms with Crippen LogP contribution in [-0.2, 0) is 12.8 Å². The molecule has 2 aromatic rings. The van der Waals surface area contributed by atoms with Gasteiger partial charge in [0.15, 0.2) is 5.69 Å². The van der Waals surface area contributed by atoms with Crippen LogP contribution in [0.4, 0.5) is 0 Å². The van der Waals surface area contributed by atoms with Gasteiger partial charge in [-0.1, -0.05) is 24.6 Å². The lowest BCUT2D eigenvalue weighted by molar-refractivity contribution is 0.0939. The van der Waals surface area contributed by atoms with Crippen LogP contribution >= 0.6 is 0 Å². The van der Waals surface area contributed by atoms with Crippen molar-refractivity contribution >= 4 is 5.91 Å². The fraction of sp³-hybridized carbons (Fsp3) is 0.524. The van der Waals surface area contributed by atoms with Crippen LogP contribution in [0.3, 0.4) is 0 Å². The van der Waals surface area contributed by atoms with E-state index in [0.29, 0.717) is 18.3 Å². The minimum Gasteiger partial charge on any atom is -0.349 e. The van der Waals surface area contributed by atoms with Gasteiger partial charge < -0.3 is 5.32 Å². The summed E-state index contributed by atoms with van der Waals surface area (Å²) in [6, 6.07) is 8.81. The SMILES string of the molecule is CCN(CCNC(=O)c1nn(-c2ccc(C)cc2)c2c1CCC2)C(C)C. The van der Waals surface area contributed by atoms with E-state index in [1.54, 1.807) is 0 Å². The highest BCUT2D eigenvalue weighted by molar-refractivity contribution is 5.94. The van der Waals surface area contributed by atoms with E-state index in [-0.39, 0.29) is 5.91 Å². The number of carbonyl (C=O) groups is 1. The topological polar surface area (TPSA) is 50.2 Å². The first-order chi connectivity index (χ1) is 12.5. The maximum Gasteiger partial charge on any atom is 0.272 e. The summed E-state index contributed by atoms with van der Waals surface area (Å²) in [5.41, 5.74) is 5.17. The quantitative estimate of drug-likeness (QED) is 0.831. The smallest absolute Gasteiger partial charge is 0.272 e. The van der Waals surface area contributed by atoms with Gasteiger partial charge >= 0.3 is 0 Å². The number of nitrogens with zero attached hydrogens (tertiary/aromatic N) is 3. The molecule has 1 heterocycles. The van der Waals surface area contributed by atoms with E-state index in [9.17, 15) is 4.79 Å². The number of fused-ring (bicyclic) bond motifs is 1. The molecule has 1 aromatic heterocycles. The lowest BCUT2D eigenvalue weighted by Crippen LogP contribution is -2.38. The largest absolute Gasteiger partial charge is 0.349 e. The highest BCUT2D eigenvalue weighted by atomic mass is 16.2. The van der Waals surface area contributed by atoms with Crippen molar-refractivity contribution < 1.29 is 4.79 Å². The van der Waals surface area contributed by atoms with Crippen LogP contribution in [0, 0.1) is 6.92 Å². The van der Waals surface area contributed by atoms with E-state index >= 15 is 0 Å². The molecule has 5 heteroatoms. The first-order valence-corrected chi connectivity index (χ1v) is 9.71. The standard InChI is InChI=1S/C21H30N4O/c1-5-24(15(2)3)14-13-22-21(26)20-18-7-6-8-19(18)25(23-20)17-11-9-16(4)10-12-17/h9-12,15H,5-8,13-14H2,1-4H3,(H,22,26). The summed E-state index contributed by atoms with van der Waals surface area (Å²) >= 11 is 0. The molecule has 0 saturated carbocycles. The molecular weight excluding hydrogens is 324 g/mol. The summed E-state index contributed by atoms with van der Waals surface area (Å²) in [5.74, 6) is -0.0474. The second-order valence-corrected chi connectivity index (χ2v) is 7.35. The molecule has 0 radical (unpaired) electrons. The third kappa shape index (κ3) is 3.83. The van der Waals surface area contributed by atoms with Gasteiger partial charge in [0, 0.05) is 30.4 Å². The third-order valence-corrected chi connectivity index (χ3v) is 5.24. The summed E-state index contributed by atoms with van der Waals surface area (Å²) in [5, 5.41) is 7.74. The van der Waals surface area contributed by atoms with Crippen LogP contribution in [0.15, 0.2) is 24.3 Å². The fourth-order valence-corrected chi connectivity index (χ4v) is 3.70. The van der Waals surface area contributed by atoms with Crippen LogP contribution < -0.4 is 5.32 Å². The average Bonchev–Trinajstić information content (AvgIpc) is 3.21. The first kappa shape index (κ1) is 18.6. The number of aromatic nitrogens is 2. The average molecular weight is 354 g/mol. The fourth-order valence-electron chi connectivity index (χ4n) is 3.70. The van der Waals surface area contributed by atoms with Crippen molar-refractivity contribution in [2.24, 2.45) is 0 Å². The van der Waals surface area contributed by atoms with Gasteiger partial charge in [-0.3, -0.25) is 9.69 Å². The van der Waals surface area contributed by atoms with Gasteiger partial charge in [-0.15, -0.1) is 0 Å². The van der Waals surface area contributed by atoms with Crippen molar-refractivity contribution in [3.05, 3.63) is 46.8 Å². The van der Waals surface area contributed by atoms with E-state index in [1.165, 1.54) is 11.3 Å². The number of benzene rings is 1. The number of aryl methyl sites for hydroxylation is 1. The highest BCUT2D eigenvalue weighted by Crippen LogP contribution is 2.27. The second-order valence-electron chi connectivity index (χ2n) is 7.35. The summed E-state index contributed by atoms with van der Waals surface area (Å²) in [6.45, 7) is 11.1. The molecule has 0 unspecified atom stereocenters. The van der Waals surface area contributed by atoms with Crippen LogP contribution in [-0.4, -0.2) is 46.3 Å². The molecule has 5 nitrogen and oxygen atoms in total. The lowest BCUT2D eigenvalue weighted by Gasteiger charge is -2.24. The minimum absolute atomic E-state index is 0.0474. The number of amides is 1. The Morgan fingerprint density at radius 2 is 2.00 bits per heavy atom. The number of rotatable bonds is 7. The van der Waals surface area contributed by atoms with E-state index < -0.39 is 0 Å². The summed E-state index contributed by atoms with van der Waals surface area (Å²) in [6.07, 6.45) is 3.02. The second kappa shape index (κ2) is 8.04. The maximum absolute atomic E-state index is 12.7. The molecular formula is C21H30N4O. The first-order valence-electron chi connectivity index (χ1n) is 9.71. The Morgan fingerprint density at radius 1 is 1.27 bits per heavy atom. The zero-order valence-corrected chi connectivity index (χ0v) is 16.4. The molecule has 3 rings (SSSR count). The predicted octanol–water partition coefficient (Wildman–Crippen LogP) is 3.13. The molecule has 0 aliphatic heterocycles. The zero-order valence-electron chi connectivity index (χ0n) is 16.4. The Morgan fingerprint density at radius 3 is 2.65 bits per heavy atom. The molecule has 1 amide bonds.